The van der Waals surface area contributed by atoms with Crippen LogP contribution in [0.15, 0.2) is 42.6 Å². The molecule has 0 aliphatic heterocycles. The highest BCUT2D eigenvalue weighted by atomic mass is 16.5. The average molecular weight is 380 g/mol. The Kier molecular flexibility index (Phi) is 6.22. The fraction of sp³-hybridized carbons (Fsp3) is 0.520. The summed E-state index contributed by atoms with van der Waals surface area (Å²) < 4.78 is 5.57. The second kappa shape index (κ2) is 8.46. The van der Waals surface area contributed by atoms with Crippen LogP contribution in [0.2, 0.25) is 0 Å². The van der Waals surface area contributed by atoms with Gasteiger partial charge in [0.2, 0.25) is 5.88 Å². The summed E-state index contributed by atoms with van der Waals surface area (Å²) in [6.45, 7) is 11.2. The highest BCUT2D eigenvalue weighted by Crippen LogP contribution is 2.40. The second-order valence-corrected chi connectivity index (χ2v) is 9.50. The van der Waals surface area contributed by atoms with Crippen molar-refractivity contribution in [3.8, 4) is 17.0 Å². The smallest absolute Gasteiger partial charge is 0.315 e. The molecule has 0 spiro atoms. The van der Waals surface area contributed by atoms with Crippen LogP contribution in [0, 0.1) is 17.3 Å². The molecule has 0 amide bonds. The Morgan fingerprint density at radius 3 is 2.07 bits per heavy atom. The molecule has 1 aromatic heterocycles. The molecule has 1 aliphatic rings. The van der Waals surface area contributed by atoms with Crippen molar-refractivity contribution >= 4 is 5.97 Å². The molecular weight excluding hydrogens is 346 g/mol. The zero-order valence-corrected chi connectivity index (χ0v) is 17.9. The number of hydrogen-bond acceptors (Lipinski definition) is 3. The topological polar surface area (TPSA) is 39.2 Å². The van der Waals surface area contributed by atoms with Crippen LogP contribution in [-0.2, 0) is 4.79 Å². The van der Waals surface area contributed by atoms with Crippen LogP contribution in [-0.4, -0.2) is 11.0 Å². The number of hydrogen-bond donors (Lipinski definition) is 0. The van der Waals surface area contributed by atoms with Crippen molar-refractivity contribution in [1.82, 2.24) is 4.98 Å². The molecule has 0 atom stereocenters. The SMILES string of the molecule is CC(C)c1ccc(-c2ccc(OC(=O)C3CCC(C(C)(C)C)CC3)nc2)cc1. The van der Waals surface area contributed by atoms with Crippen molar-refractivity contribution in [3.63, 3.8) is 0 Å². The quantitative estimate of drug-likeness (QED) is 0.560. The molecule has 0 saturated heterocycles. The van der Waals surface area contributed by atoms with E-state index in [-0.39, 0.29) is 11.9 Å². The number of benzene rings is 1. The lowest BCUT2D eigenvalue weighted by Crippen LogP contribution is -2.30. The first kappa shape index (κ1) is 20.6. The minimum Gasteiger partial charge on any atom is -0.407 e. The van der Waals surface area contributed by atoms with Gasteiger partial charge in [0.05, 0.1) is 5.92 Å². The van der Waals surface area contributed by atoms with Crippen LogP contribution in [0.5, 0.6) is 5.88 Å². The zero-order chi connectivity index (χ0) is 20.3. The number of esters is 1. The number of aromatic nitrogens is 1. The highest BCUT2D eigenvalue weighted by Gasteiger charge is 2.33. The Balaban J connectivity index is 1.58. The molecule has 1 heterocycles. The fourth-order valence-corrected chi connectivity index (χ4v) is 4.05. The summed E-state index contributed by atoms with van der Waals surface area (Å²) in [6.07, 6.45) is 5.82. The lowest BCUT2D eigenvalue weighted by molar-refractivity contribution is -0.140. The van der Waals surface area contributed by atoms with Gasteiger partial charge < -0.3 is 4.74 Å². The van der Waals surface area contributed by atoms with Crippen LogP contribution in [0.25, 0.3) is 11.1 Å². The zero-order valence-electron chi connectivity index (χ0n) is 17.9. The molecule has 1 aromatic carbocycles. The van der Waals surface area contributed by atoms with E-state index in [0.29, 0.717) is 23.1 Å². The number of carbonyl (C=O) groups excluding carboxylic acids is 1. The molecule has 0 bridgehead atoms. The van der Waals surface area contributed by atoms with Gasteiger partial charge in [-0.15, -0.1) is 0 Å². The Bertz CT molecular complexity index is 777. The Morgan fingerprint density at radius 1 is 0.964 bits per heavy atom. The predicted molar refractivity (Wildman–Crippen MR) is 114 cm³/mol. The molecule has 1 saturated carbocycles. The van der Waals surface area contributed by atoms with E-state index in [1.807, 2.05) is 6.07 Å². The molecule has 3 heteroatoms. The van der Waals surface area contributed by atoms with Crippen molar-refractivity contribution in [2.24, 2.45) is 17.3 Å². The normalized spacial score (nSPS) is 20.2. The molecule has 2 aromatic rings. The monoisotopic (exact) mass is 379 g/mol. The van der Waals surface area contributed by atoms with Gasteiger partial charge in [0.15, 0.2) is 0 Å². The van der Waals surface area contributed by atoms with Gasteiger partial charge in [-0.1, -0.05) is 58.9 Å². The summed E-state index contributed by atoms with van der Waals surface area (Å²) in [5.41, 5.74) is 3.79. The van der Waals surface area contributed by atoms with E-state index in [2.05, 4.69) is 63.9 Å². The van der Waals surface area contributed by atoms with Gasteiger partial charge in [-0.3, -0.25) is 4.79 Å². The number of carbonyl (C=O) groups is 1. The lowest BCUT2D eigenvalue weighted by atomic mass is 9.70. The van der Waals surface area contributed by atoms with Crippen molar-refractivity contribution in [2.75, 3.05) is 0 Å². The van der Waals surface area contributed by atoms with E-state index in [9.17, 15) is 4.79 Å². The van der Waals surface area contributed by atoms with E-state index < -0.39 is 0 Å². The summed E-state index contributed by atoms with van der Waals surface area (Å²) in [6, 6.07) is 12.3. The summed E-state index contributed by atoms with van der Waals surface area (Å²) >= 11 is 0. The van der Waals surface area contributed by atoms with Crippen LogP contribution in [0.3, 0.4) is 0 Å². The van der Waals surface area contributed by atoms with Gasteiger partial charge in [0, 0.05) is 17.8 Å². The van der Waals surface area contributed by atoms with E-state index in [4.69, 9.17) is 4.74 Å². The maximum Gasteiger partial charge on any atom is 0.315 e. The first-order chi connectivity index (χ1) is 13.2. The minimum atomic E-state index is -0.131. The first-order valence-corrected chi connectivity index (χ1v) is 10.5. The van der Waals surface area contributed by atoms with Crippen molar-refractivity contribution in [3.05, 3.63) is 48.2 Å². The Labute approximate surface area is 169 Å². The van der Waals surface area contributed by atoms with Crippen LogP contribution < -0.4 is 4.74 Å². The molecule has 3 nitrogen and oxygen atoms in total. The average Bonchev–Trinajstić information content (AvgIpc) is 2.68. The molecule has 0 unspecified atom stereocenters. The molecule has 1 fully saturated rings. The second-order valence-electron chi connectivity index (χ2n) is 9.50. The molecule has 1 aliphatic carbocycles. The van der Waals surface area contributed by atoms with Crippen molar-refractivity contribution < 1.29 is 9.53 Å². The van der Waals surface area contributed by atoms with Crippen LogP contribution in [0.4, 0.5) is 0 Å². The standard InChI is InChI=1S/C25H33NO2/c1-17(2)18-6-8-19(9-7-18)21-12-15-23(26-16-21)28-24(27)20-10-13-22(14-11-20)25(3,4)5/h6-9,12,15-17,20,22H,10-11,13-14H2,1-5H3. The third kappa shape index (κ3) is 5.01. The lowest BCUT2D eigenvalue weighted by Gasteiger charge is -2.36. The number of ether oxygens (including phenoxy) is 1. The van der Waals surface area contributed by atoms with E-state index in [1.54, 1.807) is 12.3 Å². The molecule has 3 rings (SSSR count). The maximum absolute atomic E-state index is 12.5. The summed E-state index contributed by atoms with van der Waals surface area (Å²) in [7, 11) is 0. The van der Waals surface area contributed by atoms with Gasteiger partial charge in [-0.2, -0.15) is 0 Å². The third-order valence-electron chi connectivity index (χ3n) is 6.14. The highest BCUT2D eigenvalue weighted by molar-refractivity contribution is 5.75. The summed E-state index contributed by atoms with van der Waals surface area (Å²) in [5.74, 6) is 1.48. The van der Waals surface area contributed by atoms with Crippen LogP contribution in [0.1, 0.15) is 71.8 Å². The largest absolute Gasteiger partial charge is 0.407 e. The number of pyridine rings is 1. The van der Waals surface area contributed by atoms with Crippen molar-refractivity contribution in [1.29, 1.82) is 0 Å². The van der Waals surface area contributed by atoms with Gasteiger partial charge in [-0.05, 0) is 60.1 Å². The maximum atomic E-state index is 12.5. The first-order valence-electron chi connectivity index (χ1n) is 10.5. The van der Waals surface area contributed by atoms with Crippen molar-refractivity contribution in [2.45, 2.75) is 66.2 Å². The third-order valence-corrected chi connectivity index (χ3v) is 6.14. The fourth-order valence-electron chi connectivity index (χ4n) is 4.05. The predicted octanol–water partition coefficient (Wildman–Crippen LogP) is 6.63. The minimum absolute atomic E-state index is 0.00338. The van der Waals surface area contributed by atoms with Gasteiger partial charge in [0.25, 0.3) is 0 Å². The Hall–Kier alpha value is -2.16. The van der Waals surface area contributed by atoms with Gasteiger partial charge in [0.1, 0.15) is 0 Å². The number of rotatable bonds is 4. The molecule has 150 valence electrons. The molecular formula is C25H33NO2. The van der Waals surface area contributed by atoms with E-state index in [1.165, 1.54) is 5.56 Å². The van der Waals surface area contributed by atoms with E-state index in [0.717, 1.165) is 36.8 Å². The molecule has 0 radical (unpaired) electrons. The van der Waals surface area contributed by atoms with Gasteiger partial charge in [-0.25, -0.2) is 4.98 Å². The van der Waals surface area contributed by atoms with E-state index >= 15 is 0 Å². The van der Waals surface area contributed by atoms with Crippen LogP contribution >= 0.6 is 0 Å². The Morgan fingerprint density at radius 2 is 1.57 bits per heavy atom. The number of nitrogens with zero attached hydrogens (tertiary/aromatic N) is 1. The molecule has 28 heavy (non-hydrogen) atoms. The summed E-state index contributed by atoms with van der Waals surface area (Å²) in [4.78, 5) is 16.9. The van der Waals surface area contributed by atoms with Gasteiger partial charge >= 0.3 is 5.97 Å². The molecule has 0 N–H and O–H groups in total. The summed E-state index contributed by atoms with van der Waals surface area (Å²) in [5, 5.41) is 0.